The van der Waals surface area contributed by atoms with Gasteiger partial charge in [-0.3, -0.25) is 19.5 Å². The number of benzene rings is 3. The predicted molar refractivity (Wildman–Crippen MR) is 141 cm³/mol. The third-order valence-electron chi connectivity index (χ3n) is 5.48. The van der Waals surface area contributed by atoms with Gasteiger partial charge in [-0.05, 0) is 60.7 Å². The summed E-state index contributed by atoms with van der Waals surface area (Å²) in [5, 5.41) is 20.8. The number of phenolic OH excluding ortho intramolecular Hbond substituents is 1. The van der Waals surface area contributed by atoms with Crippen molar-refractivity contribution in [2.24, 2.45) is 10.2 Å². The van der Waals surface area contributed by atoms with Crippen LogP contribution < -0.4 is 0 Å². The van der Waals surface area contributed by atoms with Gasteiger partial charge >= 0.3 is 0 Å². The van der Waals surface area contributed by atoms with Crippen LogP contribution in [0.2, 0.25) is 0 Å². The first-order chi connectivity index (χ1) is 17.9. The van der Waals surface area contributed by atoms with E-state index in [1.165, 1.54) is 30.3 Å². The SMILES string of the molecule is O=S(=O)(O)c1ccc(N=Nc2ccc(O)c3ncccc23)cc1.c1cnc2c(c1)ccc1cccnc12. The lowest BCUT2D eigenvalue weighted by Gasteiger charge is -2.02. The van der Waals surface area contributed by atoms with Crippen molar-refractivity contribution in [3.63, 3.8) is 0 Å². The van der Waals surface area contributed by atoms with Gasteiger partial charge in [-0.2, -0.15) is 13.5 Å². The Kier molecular flexibility index (Phi) is 6.50. The Labute approximate surface area is 211 Å². The molecule has 0 fully saturated rings. The summed E-state index contributed by atoms with van der Waals surface area (Å²) in [4.78, 5) is 12.6. The van der Waals surface area contributed by atoms with Crippen molar-refractivity contribution in [1.29, 1.82) is 0 Å². The van der Waals surface area contributed by atoms with Crippen LogP contribution in [0.3, 0.4) is 0 Å². The molecule has 2 N–H and O–H groups in total. The molecule has 3 aromatic heterocycles. The number of aromatic hydroxyl groups is 1. The number of hydrogen-bond donors (Lipinski definition) is 2. The van der Waals surface area contributed by atoms with Crippen molar-refractivity contribution >= 4 is 54.2 Å². The Morgan fingerprint density at radius 1 is 0.622 bits per heavy atom. The Bertz CT molecular complexity index is 1820. The second kappa shape index (κ2) is 10.1. The Balaban J connectivity index is 0.000000170. The van der Waals surface area contributed by atoms with Gasteiger partial charge in [0.05, 0.1) is 27.3 Å². The lowest BCUT2D eigenvalue weighted by molar-refractivity contribution is 0.480. The quantitative estimate of drug-likeness (QED) is 0.160. The van der Waals surface area contributed by atoms with Crippen molar-refractivity contribution in [2.75, 3.05) is 0 Å². The third-order valence-corrected chi connectivity index (χ3v) is 6.35. The number of nitrogens with zero attached hydrogens (tertiary/aromatic N) is 5. The molecule has 10 heteroatoms. The highest BCUT2D eigenvalue weighted by molar-refractivity contribution is 7.85. The molecule has 0 bridgehead atoms. The maximum absolute atomic E-state index is 11.0. The largest absolute Gasteiger partial charge is 0.506 e. The Morgan fingerprint density at radius 3 is 1.78 bits per heavy atom. The highest BCUT2D eigenvalue weighted by Crippen LogP contribution is 2.32. The summed E-state index contributed by atoms with van der Waals surface area (Å²) in [6, 6.07) is 24.0. The summed E-state index contributed by atoms with van der Waals surface area (Å²) in [5.41, 5.74) is 3.31. The number of azo groups is 1. The monoisotopic (exact) mass is 509 g/mol. The van der Waals surface area contributed by atoms with Crippen LogP contribution in [-0.2, 0) is 10.1 Å². The zero-order valence-electron chi connectivity index (χ0n) is 19.2. The van der Waals surface area contributed by atoms with Gasteiger partial charge in [-0.15, -0.1) is 5.11 Å². The van der Waals surface area contributed by atoms with Crippen molar-refractivity contribution in [3.05, 3.63) is 104 Å². The van der Waals surface area contributed by atoms with E-state index in [9.17, 15) is 13.5 Å². The number of rotatable bonds is 3. The van der Waals surface area contributed by atoms with Gasteiger partial charge in [0.15, 0.2) is 0 Å². The van der Waals surface area contributed by atoms with E-state index in [4.69, 9.17) is 4.55 Å². The molecule has 0 amide bonds. The molecule has 182 valence electrons. The second-order valence-electron chi connectivity index (χ2n) is 7.89. The summed E-state index contributed by atoms with van der Waals surface area (Å²) in [5.74, 6) is 0.0528. The van der Waals surface area contributed by atoms with Gasteiger partial charge in [0, 0.05) is 34.7 Å². The zero-order valence-corrected chi connectivity index (χ0v) is 20.0. The van der Waals surface area contributed by atoms with Gasteiger partial charge < -0.3 is 5.11 Å². The Morgan fingerprint density at radius 2 is 1.19 bits per heavy atom. The molecular formula is C27H19N5O4S. The van der Waals surface area contributed by atoms with E-state index in [1.807, 2.05) is 12.1 Å². The molecule has 0 radical (unpaired) electrons. The van der Waals surface area contributed by atoms with Crippen molar-refractivity contribution in [1.82, 2.24) is 15.0 Å². The molecule has 6 rings (SSSR count). The minimum absolute atomic E-state index is 0.0528. The molecule has 0 saturated heterocycles. The lowest BCUT2D eigenvalue weighted by Crippen LogP contribution is -1.96. The summed E-state index contributed by atoms with van der Waals surface area (Å²) in [6.45, 7) is 0. The molecule has 0 saturated carbocycles. The maximum Gasteiger partial charge on any atom is 0.294 e. The highest BCUT2D eigenvalue weighted by Gasteiger charge is 2.09. The van der Waals surface area contributed by atoms with Crippen LogP contribution in [0.25, 0.3) is 32.7 Å². The fourth-order valence-electron chi connectivity index (χ4n) is 3.71. The van der Waals surface area contributed by atoms with Crippen molar-refractivity contribution in [2.45, 2.75) is 4.90 Å². The average Bonchev–Trinajstić information content (AvgIpc) is 2.93. The summed E-state index contributed by atoms with van der Waals surface area (Å²) in [6.07, 6.45) is 5.17. The van der Waals surface area contributed by atoms with Crippen LogP contribution >= 0.6 is 0 Å². The van der Waals surface area contributed by atoms with Crippen LogP contribution in [0.5, 0.6) is 5.75 Å². The summed E-state index contributed by atoms with van der Waals surface area (Å²) < 4.78 is 30.9. The molecule has 37 heavy (non-hydrogen) atoms. The standard InChI is InChI=1S/C15H11N3O4S.C12H8N2/c19-14-8-7-13(12-2-1-9-16-15(12)14)18-17-10-3-5-11(6-4-10)23(20,21)22;1-3-9-5-6-10-4-2-8-14-12(10)11(9)13-7-1/h1-9,19H,(H,20,21,22);1-8H. The number of fused-ring (bicyclic) bond motifs is 4. The zero-order chi connectivity index (χ0) is 25.8. The van der Waals surface area contributed by atoms with Crippen molar-refractivity contribution < 1.29 is 18.1 Å². The lowest BCUT2D eigenvalue weighted by atomic mass is 10.1. The van der Waals surface area contributed by atoms with Gasteiger partial charge in [0.25, 0.3) is 10.1 Å². The Hall–Kier alpha value is -4.80. The molecule has 0 aliphatic heterocycles. The maximum atomic E-state index is 11.0. The molecule has 0 unspecified atom stereocenters. The fourth-order valence-corrected chi connectivity index (χ4v) is 4.19. The predicted octanol–water partition coefficient (Wildman–Crippen LogP) is 6.39. The number of aromatic nitrogens is 3. The molecule has 3 aromatic carbocycles. The van der Waals surface area contributed by atoms with Gasteiger partial charge in [-0.25, -0.2) is 0 Å². The van der Waals surface area contributed by atoms with Crippen molar-refractivity contribution in [3.8, 4) is 5.75 Å². The number of hydrogen-bond acceptors (Lipinski definition) is 8. The van der Waals surface area contributed by atoms with Gasteiger partial charge in [-0.1, -0.05) is 24.3 Å². The first-order valence-corrected chi connectivity index (χ1v) is 12.5. The minimum atomic E-state index is -4.23. The van der Waals surface area contributed by atoms with Crippen LogP contribution in [0.4, 0.5) is 11.4 Å². The topological polar surface area (TPSA) is 138 Å². The third kappa shape index (κ3) is 5.25. The van der Waals surface area contributed by atoms with E-state index in [-0.39, 0.29) is 10.6 Å². The van der Waals surface area contributed by atoms with Crippen LogP contribution in [0.1, 0.15) is 0 Å². The molecule has 6 aromatic rings. The van der Waals surface area contributed by atoms with Crippen LogP contribution in [0.15, 0.2) is 119 Å². The number of phenols is 1. The molecule has 3 heterocycles. The minimum Gasteiger partial charge on any atom is -0.506 e. The van der Waals surface area contributed by atoms with E-state index >= 15 is 0 Å². The van der Waals surface area contributed by atoms with E-state index in [0.29, 0.717) is 22.3 Å². The highest BCUT2D eigenvalue weighted by atomic mass is 32.2. The van der Waals surface area contributed by atoms with E-state index in [2.05, 4.69) is 49.4 Å². The fraction of sp³-hybridized carbons (Fsp3) is 0. The normalized spacial score (nSPS) is 11.6. The molecule has 0 spiro atoms. The molecule has 0 aliphatic rings. The summed E-state index contributed by atoms with van der Waals surface area (Å²) >= 11 is 0. The average molecular weight is 510 g/mol. The molecule has 0 atom stereocenters. The van der Waals surface area contributed by atoms with E-state index in [0.717, 1.165) is 21.8 Å². The smallest absolute Gasteiger partial charge is 0.294 e. The van der Waals surface area contributed by atoms with Crippen LogP contribution in [-0.4, -0.2) is 33.0 Å². The summed E-state index contributed by atoms with van der Waals surface area (Å²) in [7, 11) is -4.23. The number of pyridine rings is 3. The van der Waals surface area contributed by atoms with E-state index < -0.39 is 10.1 Å². The second-order valence-corrected chi connectivity index (χ2v) is 9.31. The molecule has 9 nitrogen and oxygen atoms in total. The van der Waals surface area contributed by atoms with Gasteiger partial charge in [0.1, 0.15) is 11.3 Å². The molecule has 0 aliphatic carbocycles. The first-order valence-electron chi connectivity index (χ1n) is 11.0. The first kappa shape index (κ1) is 23.9. The van der Waals surface area contributed by atoms with Crippen LogP contribution in [0, 0.1) is 0 Å². The van der Waals surface area contributed by atoms with Gasteiger partial charge in [0.2, 0.25) is 0 Å². The molecular weight excluding hydrogens is 490 g/mol. The van der Waals surface area contributed by atoms with E-state index in [1.54, 1.807) is 36.8 Å².